The topological polar surface area (TPSA) is 60.4 Å². The van der Waals surface area contributed by atoms with Crippen LogP contribution in [0.2, 0.25) is 0 Å². The zero-order chi connectivity index (χ0) is 25.2. The van der Waals surface area contributed by atoms with E-state index in [-0.39, 0.29) is 31.1 Å². The van der Waals surface area contributed by atoms with Gasteiger partial charge >= 0.3 is 18.9 Å². The molecule has 0 amide bonds. The molecule has 0 heterocycles. The number of thioether (sulfide) groups is 1. The molecule has 3 rings (SSSR count). The van der Waals surface area contributed by atoms with Gasteiger partial charge in [0.15, 0.2) is 5.78 Å². The molecule has 1 unspecified atom stereocenters. The van der Waals surface area contributed by atoms with Gasteiger partial charge in [-0.25, -0.2) is 0 Å². The Morgan fingerprint density at radius 1 is 1.08 bits per heavy atom. The van der Waals surface area contributed by atoms with Crippen LogP contribution in [-0.4, -0.2) is 42.3 Å². The van der Waals surface area contributed by atoms with Gasteiger partial charge in [-0.15, -0.1) is 0 Å². The van der Waals surface area contributed by atoms with E-state index < -0.39 is 11.9 Å². The minimum atomic E-state index is -1.14. The quantitative estimate of drug-likeness (QED) is 0.312. The first-order valence-corrected chi connectivity index (χ1v) is 14.4. The van der Waals surface area contributed by atoms with Gasteiger partial charge in [0.25, 0.3) is 0 Å². The summed E-state index contributed by atoms with van der Waals surface area (Å²) in [4.78, 5) is 27.4. The Kier molecular flexibility index (Phi) is 13.4. The molecule has 1 aliphatic rings. The van der Waals surface area contributed by atoms with Gasteiger partial charge in [0.05, 0.1) is 0 Å². The van der Waals surface area contributed by atoms with Crippen molar-refractivity contribution >= 4 is 23.5 Å². The number of hydrogen-bond acceptors (Lipinski definition) is 5. The summed E-state index contributed by atoms with van der Waals surface area (Å²) in [5.41, 5.74) is 4.79. The van der Waals surface area contributed by atoms with Gasteiger partial charge in [-0.2, -0.15) is 11.8 Å². The molecule has 0 bridgehead atoms. The van der Waals surface area contributed by atoms with Gasteiger partial charge in [0, 0.05) is 30.4 Å². The van der Waals surface area contributed by atoms with E-state index >= 15 is 0 Å². The van der Waals surface area contributed by atoms with Gasteiger partial charge in [0.2, 0.25) is 0 Å². The number of ketones is 1. The first-order chi connectivity index (χ1) is 16.9. The van der Waals surface area contributed by atoms with E-state index in [2.05, 4.69) is 31.0 Å². The molecule has 2 aromatic rings. The molecular weight excluding hydrogens is 461 g/mol. The summed E-state index contributed by atoms with van der Waals surface area (Å²) in [6.07, 6.45) is 10.5. The maximum atomic E-state index is 13.3. The number of aryl methyl sites for hydroxylation is 1. The van der Waals surface area contributed by atoms with E-state index in [1.54, 1.807) is 11.8 Å². The normalized spacial score (nSPS) is 14.9. The summed E-state index contributed by atoms with van der Waals surface area (Å²) in [5, 5.41) is 11.7. The molecule has 1 aliphatic carbocycles. The Bertz CT molecular complexity index is 990. The van der Waals surface area contributed by atoms with Crippen molar-refractivity contribution < 1.29 is 33.6 Å². The van der Waals surface area contributed by atoms with E-state index in [9.17, 15) is 14.7 Å². The van der Waals surface area contributed by atoms with Crippen molar-refractivity contribution in [3.05, 3.63) is 59.2 Å². The molecule has 1 saturated carbocycles. The Balaban J connectivity index is 0.00000456. The predicted octanol–water partition coefficient (Wildman–Crippen LogP) is 2.76. The Labute approximate surface area is 233 Å². The summed E-state index contributed by atoms with van der Waals surface area (Å²) < 4.78 is 0. The van der Waals surface area contributed by atoms with Crippen molar-refractivity contribution in [2.45, 2.75) is 64.8 Å². The van der Waals surface area contributed by atoms with Crippen LogP contribution in [0.15, 0.2) is 42.5 Å². The van der Waals surface area contributed by atoms with Gasteiger partial charge in [0.1, 0.15) is 0 Å². The Morgan fingerprint density at radius 2 is 1.81 bits per heavy atom. The minimum absolute atomic E-state index is 0. The molecule has 0 spiro atoms. The van der Waals surface area contributed by atoms with E-state index in [4.69, 9.17) is 0 Å². The molecule has 0 N–H and O–H groups in total. The molecule has 0 aliphatic heterocycles. The van der Waals surface area contributed by atoms with Gasteiger partial charge < -0.3 is 14.8 Å². The predicted molar refractivity (Wildman–Crippen MR) is 145 cm³/mol. The van der Waals surface area contributed by atoms with Crippen molar-refractivity contribution in [1.29, 1.82) is 0 Å². The number of hydrogen-bond donors (Lipinski definition) is 0. The summed E-state index contributed by atoms with van der Waals surface area (Å²) in [7, 11) is 2.17. The third kappa shape index (κ3) is 9.10. The van der Waals surface area contributed by atoms with Gasteiger partial charge in [-0.05, 0) is 79.6 Å². The van der Waals surface area contributed by atoms with E-state index in [1.807, 2.05) is 36.6 Å². The molecule has 6 heteroatoms. The minimum Gasteiger partial charge on any atom is -0.550 e. The van der Waals surface area contributed by atoms with Crippen LogP contribution in [0.1, 0.15) is 72.9 Å². The number of aliphatic carboxylic acids is 1. The number of carbonyl (C=O) groups excluding carboxylic acids is 2. The largest absolute Gasteiger partial charge is 1.00 e. The summed E-state index contributed by atoms with van der Waals surface area (Å²) in [6.45, 7) is 3.96. The van der Waals surface area contributed by atoms with Crippen molar-refractivity contribution in [3.63, 3.8) is 0 Å². The molecule has 1 fully saturated rings. The average molecular weight is 502 g/mol. The molecule has 0 saturated heterocycles. The molecule has 0 aromatic heterocycles. The number of carboxylic acid groups (broad SMARTS) is 1. The maximum Gasteiger partial charge on any atom is 1.00 e. The molecular formula is C30H40LiNO3S. The van der Waals surface area contributed by atoms with Crippen molar-refractivity contribution in [2.75, 3.05) is 25.6 Å². The van der Waals surface area contributed by atoms with Crippen molar-refractivity contribution in [2.24, 2.45) is 11.8 Å². The van der Waals surface area contributed by atoms with Crippen molar-refractivity contribution in [1.82, 2.24) is 4.90 Å². The van der Waals surface area contributed by atoms with Crippen LogP contribution >= 0.6 is 11.8 Å². The number of nitrogens with zero attached hydrogens (tertiary/aromatic N) is 1. The Hall–Kier alpha value is -1.51. The average Bonchev–Trinajstić information content (AvgIpc) is 2.86. The molecule has 190 valence electrons. The van der Waals surface area contributed by atoms with Crippen LogP contribution in [-0.2, 0) is 11.3 Å². The number of Topliss-reactive ketones (excluding diaryl/α,β-unsaturated/α-hetero) is 1. The van der Waals surface area contributed by atoms with E-state index in [1.165, 1.54) is 44.1 Å². The molecule has 0 radical (unpaired) electrons. The van der Waals surface area contributed by atoms with Crippen LogP contribution in [0, 0.1) is 18.8 Å². The van der Waals surface area contributed by atoms with Crippen LogP contribution in [0.25, 0.3) is 11.1 Å². The van der Waals surface area contributed by atoms with Crippen LogP contribution in [0.5, 0.6) is 0 Å². The molecule has 36 heavy (non-hydrogen) atoms. The SMILES string of the molecule is CSCCC(CC(=O)c1ccc(CN(C)CCC2CCCCC2)cc1-c1ccccc1C)C(=O)[O-].[Li+]. The van der Waals surface area contributed by atoms with Crippen LogP contribution < -0.4 is 24.0 Å². The number of benzene rings is 2. The first-order valence-electron chi connectivity index (χ1n) is 13.0. The molecule has 4 nitrogen and oxygen atoms in total. The third-order valence-corrected chi connectivity index (χ3v) is 8.00. The summed E-state index contributed by atoms with van der Waals surface area (Å²) in [5.74, 6) is -0.471. The van der Waals surface area contributed by atoms with Crippen LogP contribution in [0.3, 0.4) is 0 Å². The van der Waals surface area contributed by atoms with E-state index in [0.29, 0.717) is 17.7 Å². The van der Waals surface area contributed by atoms with Gasteiger partial charge in [-0.3, -0.25) is 4.79 Å². The van der Waals surface area contributed by atoms with Crippen molar-refractivity contribution in [3.8, 4) is 11.1 Å². The second kappa shape index (κ2) is 15.7. The fraction of sp³-hybridized carbons (Fsp3) is 0.533. The first kappa shape index (κ1) is 30.7. The summed E-state index contributed by atoms with van der Waals surface area (Å²) >= 11 is 1.59. The zero-order valence-corrected chi connectivity index (χ0v) is 23.4. The number of carbonyl (C=O) groups is 2. The Morgan fingerprint density at radius 3 is 2.47 bits per heavy atom. The van der Waals surface area contributed by atoms with Crippen LogP contribution in [0.4, 0.5) is 0 Å². The zero-order valence-electron chi connectivity index (χ0n) is 22.6. The smallest absolute Gasteiger partial charge is 0.550 e. The standard InChI is InChI=1S/C30H41NO3S.Li/c1-22-9-7-8-12-26(22)28-19-24(21-31(2)17-15-23-10-5-4-6-11-23)13-14-27(28)29(32)20-25(30(33)34)16-18-35-3;/h7-9,12-14,19,23,25H,4-6,10-11,15-18,20-21H2,1-3H3,(H,33,34);/q;+1/p-1. The third-order valence-electron chi connectivity index (χ3n) is 7.35. The molecule has 1 atom stereocenters. The second-order valence-corrected chi connectivity index (χ2v) is 11.1. The number of carboxylic acids is 1. The van der Waals surface area contributed by atoms with Gasteiger partial charge in [-0.1, -0.05) is 68.5 Å². The molecule has 2 aromatic carbocycles. The fourth-order valence-corrected chi connectivity index (χ4v) is 5.72. The van der Waals surface area contributed by atoms with E-state index in [0.717, 1.165) is 35.7 Å². The fourth-order valence-electron chi connectivity index (χ4n) is 5.20. The number of rotatable bonds is 13. The maximum absolute atomic E-state index is 13.3. The second-order valence-electron chi connectivity index (χ2n) is 10.2. The monoisotopic (exact) mass is 501 g/mol. The summed E-state index contributed by atoms with van der Waals surface area (Å²) in [6, 6.07) is 14.1.